The number of halogens is 1. The van der Waals surface area contributed by atoms with Crippen molar-refractivity contribution in [2.75, 3.05) is 13.2 Å². The normalized spacial score (nSPS) is 16.5. The van der Waals surface area contributed by atoms with Gasteiger partial charge in [0.2, 0.25) is 0 Å². The zero-order valence-corrected chi connectivity index (χ0v) is 8.40. The SMILES string of the molecule is O=C(c1cc(Cl)cs1)N1CCCO1. The number of hydrogen-bond acceptors (Lipinski definition) is 3. The Morgan fingerprint density at radius 3 is 3.08 bits per heavy atom. The summed E-state index contributed by atoms with van der Waals surface area (Å²) < 4.78 is 0. The van der Waals surface area contributed by atoms with Crippen molar-refractivity contribution < 1.29 is 9.63 Å². The fraction of sp³-hybridized carbons (Fsp3) is 0.375. The molecule has 2 rings (SSSR count). The van der Waals surface area contributed by atoms with Gasteiger partial charge in [0.05, 0.1) is 23.1 Å². The summed E-state index contributed by atoms with van der Waals surface area (Å²) in [5.41, 5.74) is 0. The van der Waals surface area contributed by atoms with Gasteiger partial charge < -0.3 is 0 Å². The standard InChI is InChI=1S/C8H8ClNO2S/c9-6-4-7(13-5-6)8(11)10-2-1-3-12-10/h4-5H,1-3H2. The van der Waals surface area contributed by atoms with Crippen LogP contribution in [-0.4, -0.2) is 24.1 Å². The van der Waals surface area contributed by atoms with Gasteiger partial charge in [-0.05, 0) is 12.5 Å². The Labute approximate surface area is 84.8 Å². The minimum Gasteiger partial charge on any atom is -0.271 e. The lowest BCUT2D eigenvalue weighted by Crippen LogP contribution is -2.25. The molecule has 0 saturated carbocycles. The second-order valence-corrected chi connectivity index (χ2v) is 4.07. The van der Waals surface area contributed by atoms with Crippen molar-refractivity contribution in [2.24, 2.45) is 0 Å². The number of rotatable bonds is 1. The lowest BCUT2D eigenvalue weighted by Gasteiger charge is -2.11. The van der Waals surface area contributed by atoms with Crippen molar-refractivity contribution in [1.82, 2.24) is 5.06 Å². The Bertz CT molecular complexity index is 320. The van der Waals surface area contributed by atoms with E-state index in [4.69, 9.17) is 16.4 Å². The van der Waals surface area contributed by atoms with Gasteiger partial charge in [-0.15, -0.1) is 11.3 Å². The van der Waals surface area contributed by atoms with Crippen LogP contribution in [0.3, 0.4) is 0 Å². The zero-order chi connectivity index (χ0) is 9.26. The molecule has 1 fully saturated rings. The number of carbonyl (C=O) groups excluding carboxylic acids is 1. The molecule has 1 amide bonds. The van der Waals surface area contributed by atoms with Crippen LogP contribution >= 0.6 is 22.9 Å². The molecule has 1 aliphatic heterocycles. The molecule has 0 atom stereocenters. The van der Waals surface area contributed by atoms with Crippen molar-refractivity contribution >= 4 is 28.8 Å². The fourth-order valence-electron chi connectivity index (χ4n) is 1.16. The first-order valence-electron chi connectivity index (χ1n) is 3.96. The first-order chi connectivity index (χ1) is 6.27. The molecule has 0 bridgehead atoms. The number of thiophene rings is 1. The van der Waals surface area contributed by atoms with Crippen LogP contribution in [0.25, 0.3) is 0 Å². The van der Waals surface area contributed by atoms with Gasteiger partial charge in [-0.2, -0.15) is 0 Å². The van der Waals surface area contributed by atoms with E-state index in [2.05, 4.69) is 0 Å². The van der Waals surface area contributed by atoms with Gasteiger partial charge in [-0.1, -0.05) is 11.6 Å². The van der Waals surface area contributed by atoms with E-state index in [9.17, 15) is 4.79 Å². The van der Waals surface area contributed by atoms with E-state index in [0.717, 1.165) is 6.42 Å². The average molecular weight is 218 g/mol. The maximum atomic E-state index is 11.6. The van der Waals surface area contributed by atoms with Gasteiger partial charge in [-0.3, -0.25) is 9.63 Å². The van der Waals surface area contributed by atoms with Crippen LogP contribution in [0.5, 0.6) is 0 Å². The largest absolute Gasteiger partial charge is 0.287 e. The van der Waals surface area contributed by atoms with Crippen molar-refractivity contribution in [1.29, 1.82) is 0 Å². The van der Waals surface area contributed by atoms with Gasteiger partial charge >= 0.3 is 0 Å². The maximum absolute atomic E-state index is 11.6. The van der Waals surface area contributed by atoms with Crippen LogP contribution < -0.4 is 0 Å². The predicted molar refractivity (Wildman–Crippen MR) is 50.9 cm³/mol. The molecule has 70 valence electrons. The highest BCUT2D eigenvalue weighted by Crippen LogP contribution is 2.21. The molecule has 0 radical (unpaired) electrons. The summed E-state index contributed by atoms with van der Waals surface area (Å²) in [5.74, 6) is -0.0885. The first-order valence-corrected chi connectivity index (χ1v) is 5.22. The Morgan fingerprint density at radius 1 is 1.69 bits per heavy atom. The fourth-order valence-corrected chi connectivity index (χ4v) is 2.17. The van der Waals surface area contributed by atoms with Crippen molar-refractivity contribution in [3.05, 3.63) is 21.3 Å². The molecule has 13 heavy (non-hydrogen) atoms. The van der Waals surface area contributed by atoms with Gasteiger partial charge in [0.25, 0.3) is 5.91 Å². The van der Waals surface area contributed by atoms with Gasteiger partial charge in [0.15, 0.2) is 0 Å². The van der Waals surface area contributed by atoms with Crippen LogP contribution in [0, 0.1) is 0 Å². The van der Waals surface area contributed by atoms with E-state index in [-0.39, 0.29) is 5.91 Å². The second-order valence-electron chi connectivity index (χ2n) is 2.72. The molecule has 1 saturated heterocycles. The van der Waals surface area contributed by atoms with Crippen LogP contribution in [0.15, 0.2) is 11.4 Å². The first kappa shape index (κ1) is 8.99. The molecule has 0 unspecified atom stereocenters. The van der Waals surface area contributed by atoms with E-state index < -0.39 is 0 Å². The minimum atomic E-state index is -0.0885. The van der Waals surface area contributed by atoms with Crippen LogP contribution in [0.2, 0.25) is 5.02 Å². The van der Waals surface area contributed by atoms with Crippen LogP contribution in [-0.2, 0) is 4.84 Å². The maximum Gasteiger partial charge on any atom is 0.287 e. The molecule has 1 aliphatic rings. The molecule has 1 aromatic heterocycles. The van der Waals surface area contributed by atoms with Crippen molar-refractivity contribution in [2.45, 2.75) is 6.42 Å². The number of hydroxylamine groups is 2. The number of carbonyl (C=O) groups is 1. The van der Waals surface area contributed by atoms with E-state index in [0.29, 0.717) is 23.1 Å². The van der Waals surface area contributed by atoms with Crippen molar-refractivity contribution in [3.8, 4) is 0 Å². The van der Waals surface area contributed by atoms with Gasteiger partial charge in [0, 0.05) is 5.38 Å². The third-order valence-corrected chi connectivity index (χ3v) is 3.02. The Balaban J connectivity index is 2.12. The summed E-state index contributed by atoms with van der Waals surface area (Å²) in [6.45, 7) is 1.30. The molecule has 0 aliphatic carbocycles. The molecule has 0 N–H and O–H groups in total. The third kappa shape index (κ3) is 1.85. The number of hydrogen-bond donors (Lipinski definition) is 0. The molecule has 3 nitrogen and oxygen atoms in total. The number of amides is 1. The molecule has 2 heterocycles. The molecule has 5 heteroatoms. The van der Waals surface area contributed by atoms with E-state index in [1.807, 2.05) is 0 Å². The monoisotopic (exact) mass is 217 g/mol. The summed E-state index contributed by atoms with van der Waals surface area (Å²) in [4.78, 5) is 17.4. The molecule has 1 aromatic rings. The van der Waals surface area contributed by atoms with E-state index in [1.54, 1.807) is 11.4 Å². The highest BCUT2D eigenvalue weighted by molar-refractivity contribution is 7.12. The Kier molecular flexibility index (Phi) is 2.53. The quantitative estimate of drug-likeness (QED) is 0.722. The summed E-state index contributed by atoms with van der Waals surface area (Å²) >= 11 is 7.05. The predicted octanol–water partition coefficient (Wildman–Crippen LogP) is 2.18. The summed E-state index contributed by atoms with van der Waals surface area (Å²) in [7, 11) is 0. The zero-order valence-electron chi connectivity index (χ0n) is 6.83. The van der Waals surface area contributed by atoms with Crippen LogP contribution in [0.4, 0.5) is 0 Å². The summed E-state index contributed by atoms with van der Waals surface area (Å²) in [6.07, 6.45) is 0.908. The molecular weight excluding hydrogens is 210 g/mol. The number of nitrogens with zero attached hydrogens (tertiary/aromatic N) is 1. The third-order valence-electron chi connectivity index (χ3n) is 1.76. The van der Waals surface area contributed by atoms with E-state index in [1.165, 1.54) is 16.4 Å². The molecule has 0 spiro atoms. The van der Waals surface area contributed by atoms with Gasteiger partial charge in [-0.25, -0.2) is 5.06 Å². The lowest BCUT2D eigenvalue weighted by atomic mass is 10.4. The Hall–Kier alpha value is -0.580. The Morgan fingerprint density at radius 2 is 2.54 bits per heavy atom. The topological polar surface area (TPSA) is 29.5 Å². The minimum absolute atomic E-state index is 0.0885. The highest BCUT2D eigenvalue weighted by Gasteiger charge is 2.21. The smallest absolute Gasteiger partial charge is 0.271 e. The molecular formula is C8H8ClNO2S. The average Bonchev–Trinajstić information content (AvgIpc) is 2.72. The highest BCUT2D eigenvalue weighted by atomic mass is 35.5. The van der Waals surface area contributed by atoms with Crippen LogP contribution in [0.1, 0.15) is 16.1 Å². The van der Waals surface area contributed by atoms with Gasteiger partial charge in [0.1, 0.15) is 0 Å². The summed E-state index contributed by atoms with van der Waals surface area (Å²) in [6, 6.07) is 1.66. The van der Waals surface area contributed by atoms with E-state index >= 15 is 0 Å². The second kappa shape index (κ2) is 3.65. The summed E-state index contributed by atoms with van der Waals surface area (Å²) in [5, 5.41) is 3.74. The van der Waals surface area contributed by atoms with Crippen molar-refractivity contribution in [3.63, 3.8) is 0 Å². The molecule has 0 aromatic carbocycles. The lowest BCUT2D eigenvalue weighted by molar-refractivity contribution is -0.0765.